The van der Waals surface area contributed by atoms with Crippen molar-refractivity contribution < 1.29 is 9.66 Å². The molecule has 0 fully saturated rings. The van der Waals surface area contributed by atoms with E-state index in [0.717, 1.165) is 11.3 Å². The van der Waals surface area contributed by atoms with Crippen LogP contribution in [-0.2, 0) is 6.54 Å². The van der Waals surface area contributed by atoms with Gasteiger partial charge < -0.3 is 10.1 Å². The van der Waals surface area contributed by atoms with Gasteiger partial charge in [0, 0.05) is 24.4 Å². The van der Waals surface area contributed by atoms with Gasteiger partial charge in [0.1, 0.15) is 5.75 Å². The average molecular weight is 293 g/mol. The van der Waals surface area contributed by atoms with Crippen molar-refractivity contribution in [2.75, 3.05) is 12.4 Å². The molecule has 0 aliphatic rings. The van der Waals surface area contributed by atoms with Crippen molar-refractivity contribution in [1.82, 2.24) is 0 Å². The third-order valence-electron chi connectivity index (χ3n) is 2.77. The minimum Gasteiger partial charge on any atom is -0.495 e. The first kappa shape index (κ1) is 14.1. The molecule has 6 heteroatoms. The van der Waals surface area contributed by atoms with E-state index in [1.807, 2.05) is 12.1 Å². The molecule has 1 N–H and O–H groups in total. The van der Waals surface area contributed by atoms with Crippen LogP contribution in [0.5, 0.6) is 5.75 Å². The van der Waals surface area contributed by atoms with Crippen LogP contribution in [0, 0.1) is 10.1 Å². The van der Waals surface area contributed by atoms with Crippen LogP contribution in [0.15, 0.2) is 42.5 Å². The summed E-state index contributed by atoms with van der Waals surface area (Å²) in [5.41, 5.74) is 1.73. The van der Waals surface area contributed by atoms with Crippen LogP contribution in [0.25, 0.3) is 0 Å². The largest absolute Gasteiger partial charge is 0.495 e. The average Bonchev–Trinajstić information content (AvgIpc) is 2.45. The van der Waals surface area contributed by atoms with Crippen molar-refractivity contribution in [2.45, 2.75) is 6.54 Å². The molecule has 2 aromatic carbocycles. The summed E-state index contributed by atoms with van der Waals surface area (Å²) in [5.74, 6) is 0.604. The summed E-state index contributed by atoms with van der Waals surface area (Å²) in [7, 11) is 1.55. The van der Waals surface area contributed by atoms with E-state index >= 15 is 0 Å². The van der Waals surface area contributed by atoms with Gasteiger partial charge in [-0.25, -0.2) is 0 Å². The molecule has 104 valence electrons. The van der Waals surface area contributed by atoms with Crippen LogP contribution in [0.1, 0.15) is 5.56 Å². The first-order valence-corrected chi connectivity index (χ1v) is 6.28. The van der Waals surface area contributed by atoms with Crippen LogP contribution in [0.3, 0.4) is 0 Å². The first-order valence-electron chi connectivity index (χ1n) is 5.91. The Morgan fingerprint density at radius 1 is 1.30 bits per heavy atom. The minimum absolute atomic E-state index is 0.0806. The van der Waals surface area contributed by atoms with Gasteiger partial charge in [0.15, 0.2) is 0 Å². The lowest BCUT2D eigenvalue weighted by Crippen LogP contribution is -2.00. The monoisotopic (exact) mass is 292 g/mol. The fraction of sp³-hybridized carbons (Fsp3) is 0.143. The number of benzene rings is 2. The van der Waals surface area contributed by atoms with Crippen molar-refractivity contribution >= 4 is 23.0 Å². The van der Waals surface area contributed by atoms with E-state index in [1.54, 1.807) is 25.3 Å². The number of ether oxygens (including phenoxy) is 1. The molecule has 0 saturated heterocycles. The highest BCUT2D eigenvalue weighted by Gasteiger charge is 2.06. The third kappa shape index (κ3) is 3.39. The van der Waals surface area contributed by atoms with E-state index in [-0.39, 0.29) is 5.69 Å². The van der Waals surface area contributed by atoms with Gasteiger partial charge in [-0.2, -0.15) is 0 Å². The summed E-state index contributed by atoms with van der Waals surface area (Å²) in [6, 6.07) is 11.8. The molecule has 0 aliphatic heterocycles. The van der Waals surface area contributed by atoms with Crippen molar-refractivity contribution in [3.8, 4) is 5.75 Å². The highest BCUT2D eigenvalue weighted by molar-refractivity contribution is 6.32. The molecule has 0 unspecified atom stereocenters. The molecule has 0 radical (unpaired) electrons. The Labute approximate surface area is 121 Å². The third-order valence-corrected chi connectivity index (χ3v) is 3.07. The van der Waals surface area contributed by atoms with Crippen LogP contribution in [-0.4, -0.2) is 12.0 Å². The van der Waals surface area contributed by atoms with Gasteiger partial charge in [0.25, 0.3) is 5.69 Å². The van der Waals surface area contributed by atoms with Crippen LogP contribution in [0.2, 0.25) is 5.02 Å². The van der Waals surface area contributed by atoms with Gasteiger partial charge in [0.2, 0.25) is 0 Å². The van der Waals surface area contributed by atoms with E-state index in [4.69, 9.17) is 16.3 Å². The van der Waals surface area contributed by atoms with Gasteiger partial charge in [0.05, 0.1) is 17.1 Å². The molecule has 0 bridgehead atoms. The van der Waals surface area contributed by atoms with Gasteiger partial charge in [-0.3, -0.25) is 10.1 Å². The topological polar surface area (TPSA) is 64.4 Å². The maximum atomic E-state index is 10.7. The fourth-order valence-electron chi connectivity index (χ4n) is 1.76. The van der Waals surface area contributed by atoms with Gasteiger partial charge in [-0.1, -0.05) is 23.7 Å². The SMILES string of the molecule is COc1ccc(NCc2cccc([N+](=O)[O-])c2)cc1Cl. The number of hydrogen-bond acceptors (Lipinski definition) is 4. The van der Waals surface area contributed by atoms with Gasteiger partial charge in [-0.15, -0.1) is 0 Å². The number of nitro groups is 1. The molecule has 5 nitrogen and oxygen atoms in total. The number of rotatable bonds is 5. The maximum Gasteiger partial charge on any atom is 0.269 e. The number of anilines is 1. The summed E-state index contributed by atoms with van der Waals surface area (Å²) in [5, 5.41) is 14.4. The Kier molecular flexibility index (Phi) is 4.42. The molecule has 2 rings (SSSR count). The van der Waals surface area contributed by atoms with Gasteiger partial charge >= 0.3 is 0 Å². The lowest BCUT2D eigenvalue weighted by atomic mass is 10.2. The fourth-order valence-corrected chi connectivity index (χ4v) is 2.02. The Bertz CT molecular complexity index is 632. The quantitative estimate of drug-likeness (QED) is 0.671. The first-order chi connectivity index (χ1) is 9.60. The molecular weight excluding hydrogens is 280 g/mol. The number of non-ortho nitro benzene ring substituents is 1. The Balaban J connectivity index is 2.07. The molecule has 0 heterocycles. The normalized spacial score (nSPS) is 10.1. The number of nitro benzene ring substituents is 1. The zero-order valence-corrected chi connectivity index (χ0v) is 11.6. The molecule has 20 heavy (non-hydrogen) atoms. The number of halogens is 1. The Morgan fingerprint density at radius 2 is 2.10 bits per heavy atom. The number of methoxy groups -OCH3 is 1. The highest BCUT2D eigenvalue weighted by atomic mass is 35.5. The second-order valence-electron chi connectivity index (χ2n) is 4.13. The zero-order valence-electron chi connectivity index (χ0n) is 10.8. The molecule has 0 spiro atoms. The summed E-state index contributed by atoms with van der Waals surface area (Å²) in [4.78, 5) is 10.3. The Hall–Kier alpha value is -2.27. The summed E-state index contributed by atoms with van der Waals surface area (Å²) >= 11 is 6.02. The summed E-state index contributed by atoms with van der Waals surface area (Å²) in [6.45, 7) is 0.477. The molecule has 0 atom stereocenters. The van der Waals surface area contributed by atoms with Crippen LogP contribution >= 0.6 is 11.6 Å². The molecule has 0 amide bonds. The minimum atomic E-state index is -0.409. The molecule has 0 saturated carbocycles. The van der Waals surface area contributed by atoms with Crippen LogP contribution < -0.4 is 10.1 Å². The number of hydrogen-bond donors (Lipinski definition) is 1. The van der Waals surface area contributed by atoms with Crippen molar-refractivity contribution in [2.24, 2.45) is 0 Å². The standard InChI is InChI=1S/C14H13ClN2O3/c1-20-14-6-5-11(8-13(14)15)16-9-10-3-2-4-12(7-10)17(18)19/h2-8,16H,9H2,1H3. The molecule has 2 aromatic rings. The summed E-state index contributed by atoms with van der Waals surface area (Å²) < 4.78 is 5.07. The lowest BCUT2D eigenvalue weighted by Gasteiger charge is -2.09. The van der Waals surface area contributed by atoms with Crippen molar-refractivity contribution in [3.05, 3.63) is 63.2 Å². The van der Waals surface area contributed by atoms with Gasteiger partial charge in [-0.05, 0) is 23.8 Å². The molecular formula is C14H13ClN2O3. The van der Waals surface area contributed by atoms with Crippen LogP contribution in [0.4, 0.5) is 11.4 Å². The second-order valence-corrected chi connectivity index (χ2v) is 4.54. The molecule has 0 aliphatic carbocycles. The zero-order chi connectivity index (χ0) is 14.5. The van der Waals surface area contributed by atoms with E-state index in [2.05, 4.69) is 5.32 Å². The lowest BCUT2D eigenvalue weighted by molar-refractivity contribution is -0.384. The summed E-state index contributed by atoms with van der Waals surface area (Å²) in [6.07, 6.45) is 0. The van der Waals surface area contributed by atoms with E-state index in [0.29, 0.717) is 17.3 Å². The van der Waals surface area contributed by atoms with E-state index in [9.17, 15) is 10.1 Å². The predicted octanol–water partition coefficient (Wildman–Crippen LogP) is 3.87. The van der Waals surface area contributed by atoms with Crippen molar-refractivity contribution in [1.29, 1.82) is 0 Å². The van der Waals surface area contributed by atoms with E-state index < -0.39 is 4.92 Å². The van der Waals surface area contributed by atoms with E-state index in [1.165, 1.54) is 12.1 Å². The number of nitrogens with zero attached hydrogens (tertiary/aromatic N) is 1. The second kappa shape index (κ2) is 6.25. The van der Waals surface area contributed by atoms with Crippen molar-refractivity contribution in [3.63, 3.8) is 0 Å². The molecule has 0 aromatic heterocycles. The smallest absolute Gasteiger partial charge is 0.269 e. The number of nitrogens with one attached hydrogen (secondary N) is 1. The Morgan fingerprint density at radius 3 is 2.75 bits per heavy atom. The maximum absolute atomic E-state index is 10.7. The predicted molar refractivity (Wildman–Crippen MR) is 78.4 cm³/mol. The highest BCUT2D eigenvalue weighted by Crippen LogP contribution is 2.27.